The number of nitrogen functional groups attached to an aromatic ring is 1. The minimum atomic E-state index is -4.51. The summed E-state index contributed by atoms with van der Waals surface area (Å²) in [6.07, 6.45) is 3.65. The van der Waals surface area contributed by atoms with Gasteiger partial charge in [-0.3, -0.25) is 0 Å². The Hall–Kier alpha value is -4.90. The molecular weight excluding hydrogens is 602 g/mol. The maximum absolute atomic E-state index is 16.6. The van der Waals surface area contributed by atoms with Crippen molar-refractivity contribution in [3.05, 3.63) is 89.9 Å². The van der Waals surface area contributed by atoms with E-state index in [0.29, 0.717) is 58.0 Å². The van der Waals surface area contributed by atoms with E-state index in [-0.39, 0.29) is 17.3 Å². The molecule has 1 fully saturated rings. The summed E-state index contributed by atoms with van der Waals surface area (Å²) in [6.45, 7) is 2.86. The number of morpholine rings is 1. The number of ether oxygens (including phenoxy) is 2. The molecule has 230 valence electrons. The number of benzene rings is 2. The van der Waals surface area contributed by atoms with E-state index in [0.717, 1.165) is 30.9 Å². The molecule has 4 aromatic rings. The number of sulfonamides is 1. The van der Waals surface area contributed by atoms with E-state index in [1.54, 1.807) is 18.2 Å². The molecule has 2 atom stereocenters. The summed E-state index contributed by atoms with van der Waals surface area (Å²) in [5, 5.41) is 14.2. The normalized spacial score (nSPS) is 20.1. The fraction of sp³-hybridized carbons (Fsp3) is 0.219. The number of pyridine rings is 2. The summed E-state index contributed by atoms with van der Waals surface area (Å²) in [5.41, 5.74) is 6.92. The first-order valence-corrected chi connectivity index (χ1v) is 15.5. The molecule has 0 bridgehead atoms. The lowest BCUT2D eigenvalue weighted by Gasteiger charge is -2.31. The summed E-state index contributed by atoms with van der Waals surface area (Å²) >= 11 is 0. The molecule has 6 rings (SSSR count). The van der Waals surface area contributed by atoms with Gasteiger partial charge in [-0.2, -0.15) is 5.26 Å². The highest BCUT2D eigenvalue weighted by molar-refractivity contribution is 7.90. The van der Waals surface area contributed by atoms with Crippen LogP contribution in [-0.2, 0) is 20.4 Å². The van der Waals surface area contributed by atoms with Gasteiger partial charge in [0.25, 0.3) is 0 Å². The molecular formula is C32H28F2N6O4S. The lowest BCUT2D eigenvalue weighted by atomic mass is 9.87. The maximum atomic E-state index is 16.6. The molecule has 13 heteroatoms. The second-order valence-electron chi connectivity index (χ2n) is 10.7. The van der Waals surface area contributed by atoms with Crippen LogP contribution in [0.5, 0.6) is 5.88 Å². The number of fused-ring (bicyclic) bond motifs is 1. The van der Waals surface area contributed by atoms with E-state index >= 15 is 4.39 Å². The Morgan fingerprint density at radius 2 is 1.82 bits per heavy atom. The van der Waals surface area contributed by atoms with E-state index < -0.39 is 26.8 Å². The number of primary sulfonamides is 1. The number of halogens is 2. The lowest BCUT2D eigenvalue weighted by Crippen LogP contribution is -2.43. The van der Waals surface area contributed by atoms with Crippen LogP contribution >= 0.6 is 0 Å². The van der Waals surface area contributed by atoms with E-state index in [1.807, 2.05) is 24.3 Å². The molecule has 0 radical (unpaired) electrons. The van der Waals surface area contributed by atoms with Crippen LogP contribution in [0, 0.1) is 11.3 Å². The smallest absolute Gasteiger partial charge is 0.219 e. The third-order valence-corrected chi connectivity index (χ3v) is 9.20. The zero-order chi connectivity index (χ0) is 31.9. The van der Waals surface area contributed by atoms with Gasteiger partial charge in [-0.05, 0) is 53.6 Å². The number of hydrogen-bond donors (Lipinski definition) is 2. The van der Waals surface area contributed by atoms with Crippen molar-refractivity contribution in [2.75, 3.05) is 44.0 Å². The summed E-state index contributed by atoms with van der Waals surface area (Å²) in [4.78, 5) is 11.0. The molecule has 1 aliphatic carbocycles. The minimum Gasteiger partial charge on any atom is -0.481 e. The number of nitrogens with zero attached hydrogens (tertiary/aromatic N) is 4. The van der Waals surface area contributed by atoms with Crippen LogP contribution in [0.2, 0.25) is 0 Å². The fourth-order valence-corrected chi connectivity index (χ4v) is 6.78. The first-order valence-electron chi connectivity index (χ1n) is 13.9. The van der Waals surface area contributed by atoms with Gasteiger partial charge >= 0.3 is 0 Å². The monoisotopic (exact) mass is 630 g/mol. The molecule has 2 aromatic heterocycles. The molecule has 45 heavy (non-hydrogen) atoms. The number of alkyl halides is 1. The first kappa shape index (κ1) is 30.1. The van der Waals surface area contributed by atoms with Crippen LogP contribution in [0.15, 0.2) is 78.8 Å². The van der Waals surface area contributed by atoms with E-state index in [4.69, 9.17) is 20.3 Å². The summed E-state index contributed by atoms with van der Waals surface area (Å²) < 4.78 is 66.4. The van der Waals surface area contributed by atoms with Crippen molar-refractivity contribution in [2.45, 2.75) is 10.9 Å². The van der Waals surface area contributed by atoms with Crippen LogP contribution in [0.4, 0.5) is 20.3 Å². The molecule has 4 N–H and O–H groups in total. The predicted octanol–water partition coefficient (Wildman–Crippen LogP) is 4.51. The van der Waals surface area contributed by atoms with Crippen molar-refractivity contribution in [1.82, 2.24) is 9.97 Å². The van der Waals surface area contributed by atoms with E-state index in [9.17, 15) is 18.1 Å². The van der Waals surface area contributed by atoms with Gasteiger partial charge in [0.05, 0.1) is 37.0 Å². The molecule has 2 aromatic carbocycles. The van der Waals surface area contributed by atoms with Gasteiger partial charge in [0.2, 0.25) is 15.9 Å². The molecule has 1 aliphatic heterocycles. The number of rotatable bonds is 6. The van der Waals surface area contributed by atoms with Crippen molar-refractivity contribution in [3.63, 3.8) is 0 Å². The Labute approximate surface area is 258 Å². The standard InChI is InChI=1S/C32H28F2N6O4S/c1-43-31-26(32(34)16-22(33)5-9-28(32)45(37,41)42)15-21(18-38-31)20-4-8-27-24(14-20)25(17-35)29(30(36)39-27)19-2-6-23(7-3-19)40-10-12-44-13-11-40/h2-9,14-16,18,28H,10-13H2,1H3,(H2,36,39)(H2,37,41,42). The lowest BCUT2D eigenvalue weighted by molar-refractivity contribution is 0.122. The average molecular weight is 631 g/mol. The van der Waals surface area contributed by atoms with Crippen molar-refractivity contribution < 1.29 is 26.7 Å². The molecule has 0 spiro atoms. The molecule has 3 heterocycles. The van der Waals surface area contributed by atoms with Crippen molar-refractivity contribution >= 4 is 32.4 Å². The second-order valence-corrected chi connectivity index (χ2v) is 12.4. The van der Waals surface area contributed by atoms with Gasteiger partial charge in [0.1, 0.15) is 23.0 Å². The number of aromatic nitrogens is 2. The van der Waals surface area contributed by atoms with E-state index in [2.05, 4.69) is 20.9 Å². The Kier molecular flexibility index (Phi) is 7.74. The highest BCUT2D eigenvalue weighted by Crippen LogP contribution is 2.44. The molecule has 0 saturated carbocycles. The fourth-order valence-electron chi connectivity index (χ4n) is 5.81. The van der Waals surface area contributed by atoms with Crippen LogP contribution in [0.25, 0.3) is 33.2 Å². The van der Waals surface area contributed by atoms with Crippen molar-refractivity contribution in [2.24, 2.45) is 5.14 Å². The Balaban J connectivity index is 1.46. The molecule has 10 nitrogen and oxygen atoms in total. The number of allylic oxidation sites excluding steroid dienone is 3. The van der Waals surface area contributed by atoms with E-state index in [1.165, 1.54) is 19.4 Å². The van der Waals surface area contributed by atoms with Gasteiger partial charge in [0, 0.05) is 41.5 Å². The van der Waals surface area contributed by atoms with Crippen LogP contribution in [-0.4, -0.2) is 57.0 Å². The Morgan fingerprint density at radius 3 is 2.49 bits per heavy atom. The number of anilines is 2. The first-order chi connectivity index (χ1) is 21.5. The van der Waals surface area contributed by atoms with Gasteiger partial charge in [0.15, 0.2) is 5.67 Å². The number of nitriles is 1. The molecule has 1 saturated heterocycles. The van der Waals surface area contributed by atoms with Gasteiger partial charge in [-0.25, -0.2) is 32.3 Å². The van der Waals surface area contributed by atoms with Crippen molar-refractivity contribution in [3.8, 4) is 34.2 Å². The summed E-state index contributed by atoms with van der Waals surface area (Å²) in [5.74, 6) is -1.04. The Morgan fingerprint density at radius 1 is 1.11 bits per heavy atom. The molecule has 2 unspecified atom stereocenters. The number of methoxy groups -OCH3 is 1. The third-order valence-electron chi connectivity index (χ3n) is 7.99. The zero-order valence-corrected chi connectivity index (χ0v) is 24.9. The number of hydrogen-bond acceptors (Lipinski definition) is 9. The summed E-state index contributed by atoms with van der Waals surface area (Å²) in [7, 11) is -3.27. The molecule has 0 amide bonds. The minimum absolute atomic E-state index is 0.187. The highest BCUT2D eigenvalue weighted by atomic mass is 32.2. The third kappa shape index (κ3) is 5.48. The van der Waals surface area contributed by atoms with Crippen LogP contribution in [0.3, 0.4) is 0 Å². The zero-order valence-electron chi connectivity index (χ0n) is 24.1. The highest BCUT2D eigenvalue weighted by Gasteiger charge is 2.48. The largest absolute Gasteiger partial charge is 0.481 e. The van der Waals surface area contributed by atoms with Gasteiger partial charge in [-0.15, -0.1) is 0 Å². The van der Waals surface area contributed by atoms with Crippen LogP contribution < -0.4 is 20.5 Å². The number of nitrogens with two attached hydrogens (primary N) is 2. The second kappa shape index (κ2) is 11.6. The van der Waals surface area contributed by atoms with Crippen molar-refractivity contribution in [1.29, 1.82) is 5.26 Å². The topological polar surface area (TPSA) is 157 Å². The SMILES string of the molecule is COc1ncc(-c2ccc3nc(N)c(-c4ccc(N5CCOCC5)cc4)c(C#N)c3c2)cc1C1(F)C=C(F)C=CC1S(N)(=O)=O. The van der Waals surface area contributed by atoms with Gasteiger partial charge < -0.3 is 20.1 Å². The Bertz CT molecular complexity index is 2020. The predicted molar refractivity (Wildman–Crippen MR) is 167 cm³/mol. The maximum Gasteiger partial charge on any atom is 0.219 e. The average Bonchev–Trinajstić information content (AvgIpc) is 3.03. The quantitative estimate of drug-likeness (QED) is 0.313. The summed E-state index contributed by atoms with van der Waals surface area (Å²) in [6, 6.07) is 16.3. The van der Waals surface area contributed by atoms with Crippen LogP contribution in [0.1, 0.15) is 11.1 Å². The van der Waals surface area contributed by atoms with Gasteiger partial charge in [-0.1, -0.05) is 24.3 Å². The molecule has 2 aliphatic rings.